The highest BCUT2D eigenvalue weighted by Crippen LogP contribution is 2.20. The molecular weight excluding hydrogens is 334 g/mol. The molecule has 0 atom stereocenters. The number of amides is 2. The van der Waals surface area contributed by atoms with Crippen LogP contribution in [0.1, 0.15) is 24.0 Å². The summed E-state index contributed by atoms with van der Waals surface area (Å²) in [6.07, 6.45) is 1.35. The molecule has 7 nitrogen and oxygen atoms in total. The summed E-state index contributed by atoms with van der Waals surface area (Å²) in [5.74, 6) is -0.0760. The molecule has 7 heteroatoms. The highest BCUT2D eigenvalue weighted by Gasteiger charge is 2.07. The summed E-state index contributed by atoms with van der Waals surface area (Å²) in [5.41, 5.74) is 4.46. The van der Waals surface area contributed by atoms with E-state index in [1.165, 1.54) is 19.4 Å². The van der Waals surface area contributed by atoms with E-state index in [-0.39, 0.29) is 24.5 Å². The van der Waals surface area contributed by atoms with Crippen molar-refractivity contribution < 1.29 is 19.4 Å². The Labute approximate surface area is 151 Å². The van der Waals surface area contributed by atoms with Crippen molar-refractivity contribution in [3.05, 3.63) is 53.6 Å². The van der Waals surface area contributed by atoms with E-state index < -0.39 is 5.91 Å². The number of hydrogen-bond acceptors (Lipinski definition) is 5. The highest BCUT2D eigenvalue weighted by atomic mass is 16.5. The normalized spacial score (nSPS) is 10.5. The minimum absolute atomic E-state index is 0.000911. The van der Waals surface area contributed by atoms with Crippen LogP contribution in [0.4, 0.5) is 5.69 Å². The summed E-state index contributed by atoms with van der Waals surface area (Å²) in [6, 6.07) is 12.1. The zero-order chi connectivity index (χ0) is 18.9. The molecule has 0 aliphatic carbocycles. The van der Waals surface area contributed by atoms with Gasteiger partial charge < -0.3 is 15.2 Å². The minimum atomic E-state index is -0.400. The number of hydrogen-bond donors (Lipinski definition) is 3. The number of methoxy groups -OCH3 is 1. The van der Waals surface area contributed by atoms with Gasteiger partial charge in [-0.3, -0.25) is 9.59 Å². The van der Waals surface area contributed by atoms with E-state index in [0.717, 1.165) is 5.56 Å². The number of nitrogens with zero attached hydrogens (tertiary/aromatic N) is 1. The Bertz CT molecular complexity index is 818. The van der Waals surface area contributed by atoms with Gasteiger partial charge in [0.1, 0.15) is 11.5 Å². The first-order valence-electron chi connectivity index (χ1n) is 8.03. The number of carbonyl (C=O) groups is 2. The lowest BCUT2D eigenvalue weighted by Crippen LogP contribution is -2.20. The lowest BCUT2D eigenvalue weighted by atomic mass is 10.2. The van der Waals surface area contributed by atoms with Crippen LogP contribution in [-0.2, 0) is 9.59 Å². The maximum Gasteiger partial charge on any atom is 0.240 e. The molecular formula is C19H21N3O4. The van der Waals surface area contributed by atoms with Gasteiger partial charge >= 0.3 is 0 Å². The molecule has 0 spiro atoms. The highest BCUT2D eigenvalue weighted by molar-refractivity contribution is 5.93. The van der Waals surface area contributed by atoms with Crippen molar-refractivity contribution in [2.45, 2.75) is 19.8 Å². The zero-order valence-corrected chi connectivity index (χ0v) is 14.7. The third-order valence-corrected chi connectivity index (χ3v) is 3.51. The van der Waals surface area contributed by atoms with Gasteiger partial charge in [0, 0.05) is 24.1 Å². The van der Waals surface area contributed by atoms with Crippen LogP contribution in [-0.4, -0.2) is 30.2 Å². The van der Waals surface area contributed by atoms with Crippen LogP contribution in [0.15, 0.2) is 47.6 Å². The molecule has 136 valence electrons. The van der Waals surface area contributed by atoms with Gasteiger partial charge in [-0.05, 0) is 42.8 Å². The quantitative estimate of drug-likeness (QED) is 0.525. The summed E-state index contributed by atoms with van der Waals surface area (Å²) in [4.78, 5) is 23.6. The number of ether oxygens (including phenoxy) is 1. The monoisotopic (exact) mass is 355 g/mol. The van der Waals surface area contributed by atoms with Gasteiger partial charge in [0.25, 0.3) is 0 Å². The fraction of sp³-hybridized carbons (Fsp3) is 0.211. The smallest absolute Gasteiger partial charge is 0.240 e. The van der Waals surface area contributed by atoms with Crippen molar-refractivity contribution in [1.82, 2.24) is 5.43 Å². The first kappa shape index (κ1) is 19.0. The molecule has 2 amide bonds. The molecule has 0 heterocycles. The molecule has 0 aromatic heterocycles. The lowest BCUT2D eigenvalue weighted by molar-refractivity contribution is -0.124. The summed E-state index contributed by atoms with van der Waals surface area (Å²) < 4.78 is 5.05. The number of nitrogens with one attached hydrogen (secondary N) is 2. The molecule has 0 unspecified atom stereocenters. The van der Waals surface area contributed by atoms with E-state index >= 15 is 0 Å². The van der Waals surface area contributed by atoms with Gasteiger partial charge in [-0.1, -0.05) is 12.1 Å². The van der Waals surface area contributed by atoms with E-state index in [0.29, 0.717) is 17.0 Å². The second-order valence-electron chi connectivity index (χ2n) is 5.64. The molecule has 2 aromatic rings. The van der Waals surface area contributed by atoms with Crippen LogP contribution in [0.2, 0.25) is 0 Å². The number of anilines is 1. The number of hydrazone groups is 1. The molecule has 0 fully saturated rings. The lowest BCUT2D eigenvalue weighted by Gasteiger charge is -2.05. The van der Waals surface area contributed by atoms with Gasteiger partial charge in [0.05, 0.1) is 13.3 Å². The minimum Gasteiger partial charge on any atom is -0.507 e. The van der Waals surface area contributed by atoms with Crippen molar-refractivity contribution in [1.29, 1.82) is 0 Å². The van der Waals surface area contributed by atoms with Gasteiger partial charge in [-0.25, -0.2) is 5.43 Å². The zero-order valence-electron chi connectivity index (χ0n) is 14.7. The number of aromatic hydroxyl groups is 1. The largest absolute Gasteiger partial charge is 0.507 e. The Morgan fingerprint density at radius 1 is 1.15 bits per heavy atom. The SMILES string of the molecule is COc1ccc(O)c(C=NNC(=O)CCC(=O)Nc2cccc(C)c2)c1. The molecule has 0 aliphatic rings. The van der Waals surface area contributed by atoms with Gasteiger partial charge in [0.15, 0.2) is 0 Å². The van der Waals surface area contributed by atoms with Crippen LogP contribution < -0.4 is 15.5 Å². The van der Waals surface area contributed by atoms with E-state index in [1.807, 2.05) is 25.1 Å². The van der Waals surface area contributed by atoms with Crippen molar-refractivity contribution in [3.63, 3.8) is 0 Å². The Morgan fingerprint density at radius 2 is 1.92 bits per heavy atom. The van der Waals surface area contributed by atoms with E-state index in [1.54, 1.807) is 18.2 Å². The van der Waals surface area contributed by atoms with Crippen molar-refractivity contribution in [2.24, 2.45) is 5.10 Å². The first-order valence-corrected chi connectivity index (χ1v) is 8.03. The summed E-state index contributed by atoms with van der Waals surface area (Å²) >= 11 is 0. The Hall–Kier alpha value is -3.35. The molecule has 0 saturated heterocycles. The summed E-state index contributed by atoms with van der Waals surface area (Å²) in [6.45, 7) is 1.93. The molecule has 0 radical (unpaired) electrons. The average molecular weight is 355 g/mol. The Morgan fingerprint density at radius 3 is 2.65 bits per heavy atom. The molecule has 0 aliphatic heterocycles. The van der Waals surface area contributed by atoms with E-state index in [9.17, 15) is 14.7 Å². The number of phenols is 1. The molecule has 26 heavy (non-hydrogen) atoms. The van der Waals surface area contributed by atoms with Crippen LogP contribution in [0, 0.1) is 6.92 Å². The van der Waals surface area contributed by atoms with Crippen LogP contribution in [0.5, 0.6) is 11.5 Å². The number of aryl methyl sites for hydroxylation is 1. The predicted molar refractivity (Wildman–Crippen MR) is 99.4 cm³/mol. The molecule has 2 rings (SSSR count). The van der Waals surface area contributed by atoms with Crippen molar-refractivity contribution in [2.75, 3.05) is 12.4 Å². The molecule has 3 N–H and O–H groups in total. The summed E-state index contributed by atoms with van der Waals surface area (Å²) in [5, 5.41) is 16.2. The topological polar surface area (TPSA) is 100 Å². The number of rotatable bonds is 7. The van der Waals surface area contributed by atoms with Crippen LogP contribution in [0.25, 0.3) is 0 Å². The van der Waals surface area contributed by atoms with Gasteiger partial charge in [-0.15, -0.1) is 0 Å². The van der Waals surface area contributed by atoms with Crippen molar-refractivity contribution in [3.8, 4) is 11.5 Å². The second kappa shape index (κ2) is 9.22. The standard InChI is InChI=1S/C19H21N3O4/c1-13-4-3-5-15(10-13)21-18(24)8-9-19(25)22-20-12-14-11-16(26-2)6-7-17(14)23/h3-7,10-12,23H,8-9H2,1-2H3,(H,21,24)(H,22,25). The van der Waals surface area contributed by atoms with Crippen molar-refractivity contribution >= 4 is 23.7 Å². The Balaban J connectivity index is 1.79. The Kier molecular flexibility index (Phi) is 6.73. The first-order chi connectivity index (χ1) is 12.5. The molecule has 0 saturated carbocycles. The third kappa shape index (κ3) is 5.94. The van der Waals surface area contributed by atoms with Gasteiger partial charge in [-0.2, -0.15) is 5.10 Å². The molecule has 0 bridgehead atoms. The van der Waals surface area contributed by atoms with Gasteiger partial charge in [0.2, 0.25) is 11.8 Å². The van der Waals surface area contributed by atoms with E-state index in [2.05, 4.69) is 15.8 Å². The maximum absolute atomic E-state index is 11.9. The average Bonchev–Trinajstić information content (AvgIpc) is 2.61. The van der Waals surface area contributed by atoms with Crippen LogP contribution in [0.3, 0.4) is 0 Å². The van der Waals surface area contributed by atoms with Crippen LogP contribution >= 0.6 is 0 Å². The second-order valence-corrected chi connectivity index (χ2v) is 5.64. The fourth-order valence-corrected chi connectivity index (χ4v) is 2.17. The predicted octanol–water partition coefficient (Wildman–Crippen LogP) is 2.58. The third-order valence-electron chi connectivity index (χ3n) is 3.51. The number of benzene rings is 2. The maximum atomic E-state index is 11.9. The fourth-order valence-electron chi connectivity index (χ4n) is 2.17. The van der Waals surface area contributed by atoms with E-state index in [4.69, 9.17) is 4.74 Å². The number of carbonyl (C=O) groups excluding carboxylic acids is 2. The summed E-state index contributed by atoms with van der Waals surface area (Å²) in [7, 11) is 1.51. The molecule has 2 aromatic carbocycles. The number of phenolic OH excluding ortho intramolecular Hbond substituents is 1.